The van der Waals surface area contributed by atoms with Crippen LogP contribution in [-0.4, -0.2) is 48.8 Å². The molecule has 114 valence electrons. The standard InChI is InChI=1S/C17H23NO3/c1-21-17(20)16(19)15-9-12-18(13-10-15)11-5-8-14-6-3-2-4-7-14/h2-8,15-16,19H,9-13H2,1H3/b8-5+. The molecular formula is C17H23NO3. The fourth-order valence-electron chi connectivity index (χ4n) is 2.67. The number of carbonyl (C=O) groups excluding carboxylic acids is 1. The third-order valence-electron chi connectivity index (χ3n) is 3.99. The van der Waals surface area contributed by atoms with Gasteiger partial charge in [-0.05, 0) is 37.4 Å². The first-order chi connectivity index (χ1) is 10.2. The number of carbonyl (C=O) groups is 1. The second-order valence-electron chi connectivity index (χ2n) is 5.42. The molecule has 1 aliphatic rings. The molecule has 2 rings (SSSR count). The summed E-state index contributed by atoms with van der Waals surface area (Å²) in [5.41, 5.74) is 1.20. The normalized spacial score (nSPS) is 18.8. The molecule has 1 aromatic rings. The predicted octanol–water partition coefficient (Wildman–Crippen LogP) is 1.95. The summed E-state index contributed by atoms with van der Waals surface area (Å²) in [6.45, 7) is 2.70. The molecule has 1 fully saturated rings. The average Bonchev–Trinajstić information content (AvgIpc) is 2.55. The largest absolute Gasteiger partial charge is 0.467 e. The number of methoxy groups -OCH3 is 1. The van der Waals surface area contributed by atoms with Gasteiger partial charge in [0.05, 0.1) is 7.11 Å². The van der Waals surface area contributed by atoms with Crippen LogP contribution in [0.1, 0.15) is 18.4 Å². The second kappa shape index (κ2) is 7.96. The van der Waals surface area contributed by atoms with E-state index in [-0.39, 0.29) is 5.92 Å². The van der Waals surface area contributed by atoms with Crippen molar-refractivity contribution in [1.82, 2.24) is 4.90 Å². The van der Waals surface area contributed by atoms with E-state index in [1.54, 1.807) is 0 Å². The van der Waals surface area contributed by atoms with Crippen molar-refractivity contribution in [2.75, 3.05) is 26.7 Å². The molecule has 4 heteroatoms. The van der Waals surface area contributed by atoms with Gasteiger partial charge in [-0.25, -0.2) is 4.79 Å². The average molecular weight is 289 g/mol. The Morgan fingerprint density at radius 3 is 2.67 bits per heavy atom. The zero-order valence-electron chi connectivity index (χ0n) is 12.4. The molecule has 0 aliphatic carbocycles. The summed E-state index contributed by atoms with van der Waals surface area (Å²) in [6, 6.07) is 10.2. The molecule has 1 aliphatic heterocycles. The summed E-state index contributed by atoms with van der Waals surface area (Å²) >= 11 is 0. The van der Waals surface area contributed by atoms with E-state index in [0.29, 0.717) is 0 Å². The Bertz CT molecular complexity index is 464. The van der Waals surface area contributed by atoms with Crippen molar-refractivity contribution in [2.24, 2.45) is 5.92 Å². The SMILES string of the molecule is COC(=O)C(O)C1CCN(C/C=C/c2ccccc2)CC1. The monoisotopic (exact) mass is 289 g/mol. The number of esters is 1. The number of benzene rings is 1. The quantitative estimate of drug-likeness (QED) is 0.842. The first kappa shape index (κ1) is 15.7. The van der Waals surface area contributed by atoms with Crippen LogP contribution in [0.2, 0.25) is 0 Å². The maximum Gasteiger partial charge on any atom is 0.334 e. The predicted molar refractivity (Wildman–Crippen MR) is 82.7 cm³/mol. The Morgan fingerprint density at radius 2 is 2.05 bits per heavy atom. The van der Waals surface area contributed by atoms with Crippen LogP contribution in [0.4, 0.5) is 0 Å². The molecule has 4 nitrogen and oxygen atoms in total. The number of hydrogen-bond donors (Lipinski definition) is 1. The number of nitrogens with zero attached hydrogens (tertiary/aromatic N) is 1. The molecule has 0 bridgehead atoms. The van der Waals surface area contributed by atoms with Crippen LogP contribution in [0.15, 0.2) is 36.4 Å². The van der Waals surface area contributed by atoms with Gasteiger partial charge in [0.15, 0.2) is 6.10 Å². The van der Waals surface area contributed by atoms with Crippen LogP contribution in [0, 0.1) is 5.92 Å². The van der Waals surface area contributed by atoms with E-state index in [9.17, 15) is 9.90 Å². The van der Waals surface area contributed by atoms with E-state index in [2.05, 4.69) is 33.9 Å². The highest BCUT2D eigenvalue weighted by Crippen LogP contribution is 2.21. The minimum absolute atomic E-state index is 0.0202. The highest BCUT2D eigenvalue weighted by molar-refractivity contribution is 5.74. The molecule has 1 atom stereocenters. The molecular weight excluding hydrogens is 266 g/mol. The summed E-state index contributed by atoms with van der Waals surface area (Å²) in [6.07, 6.45) is 4.96. The Labute approximate surface area is 126 Å². The van der Waals surface area contributed by atoms with E-state index in [1.807, 2.05) is 18.2 Å². The summed E-state index contributed by atoms with van der Waals surface area (Å²) in [7, 11) is 1.31. The Balaban J connectivity index is 1.74. The molecule has 1 aromatic carbocycles. The summed E-state index contributed by atoms with van der Waals surface area (Å²) < 4.78 is 4.59. The van der Waals surface area contributed by atoms with Crippen molar-refractivity contribution >= 4 is 12.0 Å². The van der Waals surface area contributed by atoms with Gasteiger partial charge in [0.1, 0.15) is 0 Å². The lowest BCUT2D eigenvalue weighted by Gasteiger charge is -2.32. The number of piperidine rings is 1. The topological polar surface area (TPSA) is 49.8 Å². The van der Waals surface area contributed by atoms with Crippen molar-refractivity contribution < 1.29 is 14.6 Å². The first-order valence-corrected chi connectivity index (χ1v) is 7.40. The van der Waals surface area contributed by atoms with E-state index in [4.69, 9.17) is 0 Å². The van der Waals surface area contributed by atoms with Gasteiger partial charge in [0.2, 0.25) is 0 Å². The second-order valence-corrected chi connectivity index (χ2v) is 5.42. The molecule has 0 aromatic heterocycles. The molecule has 0 radical (unpaired) electrons. The van der Waals surface area contributed by atoms with E-state index in [0.717, 1.165) is 32.5 Å². The molecule has 1 unspecified atom stereocenters. The Morgan fingerprint density at radius 1 is 1.38 bits per heavy atom. The van der Waals surface area contributed by atoms with E-state index >= 15 is 0 Å². The number of ether oxygens (including phenoxy) is 1. The van der Waals surface area contributed by atoms with Crippen molar-refractivity contribution in [1.29, 1.82) is 0 Å². The van der Waals surface area contributed by atoms with Crippen molar-refractivity contribution in [3.8, 4) is 0 Å². The highest BCUT2D eigenvalue weighted by Gasteiger charge is 2.29. The minimum atomic E-state index is -0.975. The third-order valence-corrected chi connectivity index (χ3v) is 3.99. The Kier molecular flexibility index (Phi) is 5.96. The van der Waals surface area contributed by atoms with Crippen LogP contribution in [-0.2, 0) is 9.53 Å². The Hall–Kier alpha value is -1.65. The molecule has 1 N–H and O–H groups in total. The fraction of sp³-hybridized carbons (Fsp3) is 0.471. The van der Waals surface area contributed by atoms with Gasteiger partial charge in [0.25, 0.3) is 0 Å². The maximum atomic E-state index is 11.3. The van der Waals surface area contributed by atoms with Gasteiger partial charge in [-0.15, -0.1) is 0 Å². The summed E-state index contributed by atoms with van der Waals surface area (Å²) in [4.78, 5) is 13.7. The number of likely N-dealkylation sites (tertiary alicyclic amines) is 1. The molecule has 0 amide bonds. The van der Waals surface area contributed by atoms with Gasteiger partial charge in [-0.1, -0.05) is 42.5 Å². The van der Waals surface area contributed by atoms with Crippen LogP contribution in [0.3, 0.4) is 0 Å². The van der Waals surface area contributed by atoms with E-state index in [1.165, 1.54) is 12.7 Å². The van der Waals surface area contributed by atoms with Gasteiger partial charge >= 0.3 is 5.97 Å². The molecule has 0 saturated carbocycles. The van der Waals surface area contributed by atoms with Crippen LogP contribution in [0.5, 0.6) is 0 Å². The fourth-order valence-corrected chi connectivity index (χ4v) is 2.67. The van der Waals surface area contributed by atoms with Crippen molar-refractivity contribution in [2.45, 2.75) is 18.9 Å². The highest BCUT2D eigenvalue weighted by atomic mass is 16.5. The van der Waals surface area contributed by atoms with Gasteiger partial charge in [-0.3, -0.25) is 4.90 Å². The lowest BCUT2D eigenvalue weighted by Crippen LogP contribution is -2.40. The smallest absolute Gasteiger partial charge is 0.334 e. The third kappa shape index (κ3) is 4.69. The summed E-state index contributed by atoms with van der Waals surface area (Å²) in [5, 5.41) is 9.85. The lowest BCUT2D eigenvalue weighted by atomic mass is 9.91. The minimum Gasteiger partial charge on any atom is -0.467 e. The van der Waals surface area contributed by atoms with Crippen LogP contribution in [0.25, 0.3) is 6.08 Å². The van der Waals surface area contributed by atoms with Gasteiger partial charge in [-0.2, -0.15) is 0 Å². The lowest BCUT2D eigenvalue weighted by molar-refractivity contribution is -0.154. The van der Waals surface area contributed by atoms with E-state index < -0.39 is 12.1 Å². The zero-order valence-corrected chi connectivity index (χ0v) is 12.4. The number of aliphatic hydroxyl groups is 1. The molecule has 0 spiro atoms. The molecule has 1 heterocycles. The van der Waals surface area contributed by atoms with Gasteiger partial charge < -0.3 is 9.84 Å². The molecule has 1 saturated heterocycles. The maximum absolute atomic E-state index is 11.3. The van der Waals surface area contributed by atoms with Crippen LogP contribution < -0.4 is 0 Å². The number of hydrogen-bond acceptors (Lipinski definition) is 4. The van der Waals surface area contributed by atoms with Gasteiger partial charge in [0, 0.05) is 6.54 Å². The summed E-state index contributed by atoms with van der Waals surface area (Å²) in [5.74, 6) is -0.496. The van der Waals surface area contributed by atoms with Crippen molar-refractivity contribution in [3.05, 3.63) is 42.0 Å². The van der Waals surface area contributed by atoms with Crippen LogP contribution >= 0.6 is 0 Å². The molecule has 21 heavy (non-hydrogen) atoms. The van der Waals surface area contributed by atoms with Crippen molar-refractivity contribution in [3.63, 3.8) is 0 Å². The number of aliphatic hydroxyl groups excluding tert-OH is 1. The number of rotatable bonds is 5. The zero-order chi connectivity index (χ0) is 15.1. The first-order valence-electron chi connectivity index (χ1n) is 7.40.